The Morgan fingerprint density at radius 1 is 1.08 bits per heavy atom. The normalized spacial score (nSPS) is 11.8. The molecule has 0 aliphatic rings. The molecule has 0 fully saturated rings. The van der Waals surface area contributed by atoms with Crippen molar-refractivity contribution in [2.24, 2.45) is 4.99 Å². The van der Waals surface area contributed by atoms with E-state index in [2.05, 4.69) is 21.9 Å². The number of carbonyl (C=O) groups is 2. The molecule has 0 saturated heterocycles. The molecule has 188 valence electrons. The fraction of sp³-hybridized carbons (Fsp3) is 0.167. The molecule has 1 atom stereocenters. The summed E-state index contributed by atoms with van der Waals surface area (Å²) in [7, 11) is -3.92. The van der Waals surface area contributed by atoms with Gasteiger partial charge in [0.25, 0.3) is 11.5 Å². The number of carbonyl (C=O) groups excluding carboxylic acids is 2. The number of anilines is 1. The molecule has 1 aromatic heterocycles. The fourth-order valence-electron chi connectivity index (χ4n) is 3.11. The highest BCUT2D eigenvalue weighted by Gasteiger charge is 2.25. The SMILES string of the molecule is C=NC(=O)CC(Oc1ccc(Cl)cc1)C(=O)Nn1c(C)ccc(NS(=O)(=O)Cc2ccccc2)c1=O. The molecule has 2 N–H and O–H groups in total. The van der Waals surface area contributed by atoms with Crippen LogP contribution < -0.4 is 20.4 Å². The summed E-state index contributed by atoms with van der Waals surface area (Å²) in [6.45, 7) is 4.69. The summed E-state index contributed by atoms with van der Waals surface area (Å²) in [6.07, 6.45) is -1.82. The average Bonchev–Trinajstić information content (AvgIpc) is 2.84. The highest BCUT2D eigenvalue weighted by atomic mass is 35.5. The van der Waals surface area contributed by atoms with E-state index in [-0.39, 0.29) is 17.2 Å². The number of hydrogen-bond donors (Lipinski definition) is 2. The smallest absolute Gasteiger partial charge is 0.293 e. The third kappa shape index (κ3) is 7.27. The minimum Gasteiger partial charge on any atom is -0.480 e. The van der Waals surface area contributed by atoms with Crippen molar-refractivity contribution in [2.45, 2.75) is 25.2 Å². The van der Waals surface area contributed by atoms with Crippen molar-refractivity contribution >= 4 is 45.8 Å². The lowest BCUT2D eigenvalue weighted by atomic mass is 10.2. The highest BCUT2D eigenvalue weighted by molar-refractivity contribution is 7.91. The minimum atomic E-state index is -3.92. The number of aliphatic imine (C=N–C) groups is 1. The first-order chi connectivity index (χ1) is 17.1. The maximum atomic E-state index is 13.0. The van der Waals surface area contributed by atoms with Gasteiger partial charge in [-0.3, -0.25) is 24.5 Å². The Morgan fingerprint density at radius 3 is 2.39 bits per heavy atom. The quantitative estimate of drug-likeness (QED) is 0.387. The van der Waals surface area contributed by atoms with Crippen molar-refractivity contribution in [2.75, 3.05) is 10.1 Å². The number of pyridine rings is 1. The zero-order chi connectivity index (χ0) is 26.3. The Kier molecular flexibility index (Phi) is 8.62. The first kappa shape index (κ1) is 26.6. The Labute approximate surface area is 212 Å². The predicted octanol–water partition coefficient (Wildman–Crippen LogP) is 2.89. The second-order valence-corrected chi connectivity index (χ2v) is 9.83. The summed E-state index contributed by atoms with van der Waals surface area (Å²) in [6, 6.07) is 17.3. The third-order valence-corrected chi connectivity index (χ3v) is 6.38. The number of rotatable bonds is 10. The summed E-state index contributed by atoms with van der Waals surface area (Å²) >= 11 is 5.87. The Morgan fingerprint density at radius 2 is 1.75 bits per heavy atom. The van der Waals surface area contributed by atoms with Gasteiger partial charge < -0.3 is 4.74 Å². The zero-order valence-electron chi connectivity index (χ0n) is 19.2. The summed E-state index contributed by atoms with van der Waals surface area (Å²) in [5.41, 5.74) is 2.13. The van der Waals surface area contributed by atoms with E-state index < -0.39 is 39.9 Å². The van der Waals surface area contributed by atoms with Gasteiger partial charge in [0, 0.05) is 10.7 Å². The first-order valence-corrected chi connectivity index (χ1v) is 12.6. The average molecular weight is 531 g/mol. The maximum absolute atomic E-state index is 13.0. The van der Waals surface area contributed by atoms with Crippen molar-refractivity contribution in [3.63, 3.8) is 0 Å². The number of sulfonamides is 1. The van der Waals surface area contributed by atoms with Gasteiger partial charge in [-0.1, -0.05) is 41.9 Å². The second-order valence-electron chi connectivity index (χ2n) is 7.67. The maximum Gasteiger partial charge on any atom is 0.293 e. The summed E-state index contributed by atoms with van der Waals surface area (Å²) in [5, 5.41) is 0.445. The fourth-order valence-corrected chi connectivity index (χ4v) is 4.43. The lowest BCUT2D eigenvalue weighted by Gasteiger charge is -2.20. The molecule has 3 rings (SSSR count). The number of hydrogen-bond acceptors (Lipinski definition) is 6. The lowest BCUT2D eigenvalue weighted by molar-refractivity contribution is -0.129. The van der Waals surface area contributed by atoms with Gasteiger partial charge in [0.15, 0.2) is 6.10 Å². The molecule has 0 spiro atoms. The highest BCUT2D eigenvalue weighted by Crippen LogP contribution is 2.18. The monoisotopic (exact) mass is 530 g/mol. The van der Waals surface area contributed by atoms with Gasteiger partial charge in [0.2, 0.25) is 15.9 Å². The van der Waals surface area contributed by atoms with Crippen molar-refractivity contribution < 1.29 is 22.7 Å². The lowest BCUT2D eigenvalue weighted by Crippen LogP contribution is -2.43. The molecular formula is C24H23ClN4O6S. The molecule has 1 unspecified atom stereocenters. The number of nitrogens with one attached hydrogen (secondary N) is 2. The molecule has 1 heterocycles. The van der Waals surface area contributed by atoms with Crippen molar-refractivity contribution in [1.29, 1.82) is 0 Å². The van der Waals surface area contributed by atoms with E-state index in [0.717, 1.165) is 4.68 Å². The van der Waals surface area contributed by atoms with Crippen LogP contribution in [0.4, 0.5) is 5.69 Å². The molecule has 12 heteroatoms. The first-order valence-electron chi connectivity index (χ1n) is 10.6. The zero-order valence-corrected chi connectivity index (χ0v) is 20.8. The largest absolute Gasteiger partial charge is 0.480 e. The molecule has 2 aromatic carbocycles. The van der Waals surface area contributed by atoms with E-state index >= 15 is 0 Å². The number of aryl methyl sites for hydroxylation is 1. The van der Waals surface area contributed by atoms with Gasteiger partial charge >= 0.3 is 0 Å². The van der Waals surface area contributed by atoms with Crippen LogP contribution in [0.3, 0.4) is 0 Å². The van der Waals surface area contributed by atoms with E-state index in [4.69, 9.17) is 16.3 Å². The number of nitrogens with zero attached hydrogens (tertiary/aromatic N) is 2. The van der Waals surface area contributed by atoms with Crippen LogP contribution in [0.2, 0.25) is 5.02 Å². The molecule has 0 aliphatic heterocycles. The molecule has 0 saturated carbocycles. The summed E-state index contributed by atoms with van der Waals surface area (Å²) in [5.74, 6) is -1.63. The molecule has 10 nitrogen and oxygen atoms in total. The van der Waals surface area contributed by atoms with Crippen LogP contribution >= 0.6 is 11.6 Å². The van der Waals surface area contributed by atoms with Gasteiger partial charge in [-0.2, -0.15) is 0 Å². The molecular weight excluding hydrogens is 508 g/mol. The van der Waals surface area contributed by atoms with Gasteiger partial charge in [-0.15, -0.1) is 0 Å². The molecule has 0 radical (unpaired) electrons. The molecule has 2 amide bonds. The van der Waals surface area contributed by atoms with E-state index in [1.54, 1.807) is 42.5 Å². The molecule has 0 bridgehead atoms. The number of halogens is 1. The van der Waals surface area contributed by atoms with E-state index in [0.29, 0.717) is 16.3 Å². The van der Waals surface area contributed by atoms with E-state index in [9.17, 15) is 22.8 Å². The summed E-state index contributed by atoms with van der Waals surface area (Å²) < 4.78 is 34.0. The predicted molar refractivity (Wildman–Crippen MR) is 138 cm³/mol. The van der Waals surface area contributed by atoms with Gasteiger partial charge in [-0.25, -0.2) is 18.1 Å². The molecule has 0 aliphatic carbocycles. The van der Waals surface area contributed by atoms with Crippen LogP contribution in [0.25, 0.3) is 0 Å². The van der Waals surface area contributed by atoms with Crippen LogP contribution in [0.15, 0.2) is 76.5 Å². The third-order valence-electron chi connectivity index (χ3n) is 4.89. The molecule has 36 heavy (non-hydrogen) atoms. The standard InChI is InChI=1S/C24H23ClN4O6S/c1-16-8-13-20(28-36(33,34)15-17-6-4-3-5-7-17)24(32)29(16)27-23(31)21(14-22(30)26-2)35-19-11-9-18(25)10-12-19/h3-13,21,28H,2,14-15H2,1H3,(H,27,31). The van der Waals surface area contributed by atoms with Crippen LogP contribution in [-0.2, 0) is 25.4 Å². The number of amides is 2. The van der Waals surface area contributed by atoms with Crippen molar-refractivity contribution in [3.05, 3.63) is 93.4 Å². The Bertz CT molecular complexity index is 1420. The molecule has 3 aromatic rings. The minimum absolute atomic E-state index is 0.253. The second kappa shape index (κ2) is 11.6. The van der Waals surface area contributed by atoms with E-state index in [1.165, 1.54) is 31.2 Å². The van der Waals surface area contributed by atoms with E-state index in [1.807, 2.05) is 0 Å². The number of ether oxygens (including phenoxy) is 1. The van der Waals surface area contributed by atoms with Crippen LogP contribution in [-0.4, -0.2) is 37.7 Å². The summed E-state index contributed by atoms with van der Waals surface area (Å²) in [4.78, 5) is 41.2. The Hall–Kier alpha value is -3.96. The van der Waals surface area contributed by atoms with Gasteiger partial charge in [0.05, 0.1) is 12.2 Å². The van der Waals surface area contributed by atoms with Gasteiger partial charge in [0.1, 0.15) is 11.4 Å². The van der Waals surface area contributed by atoms with Crippen LogP contribution in [0.1, 0.15) is 17.7 Å². The number of benzene rings is 2. The van der Waals surface area contributed by atoms with Crippen LogP contribution in [0, 0.1) is 6.92 Å². The van der Waals surface area contributed by atoms with Gasteiger partial charge in [-0.05, 0) is 55.6 Å². The number of aromatic nitrogens is 1. The topological polar surface area (TPSA) is 136 Å². The van der Waals surface area contributed by atoms with Crippen LogP contribution in [0.5, 0.6) is 5.75 Å². The van der Waals surface area contributed by atoms with Crippen molar-refractivity contribution in [1.82, 2.24) is 4.68 Å². The Balaban J connectivity index is 1.83. The van der Waals surface area contributed by atoms with Crippen molar-refractivity contribution in [3.8, 4) is 5.75 Å².